The van der Waals surface area contributed by atoms with Crippen molar-refractivity contribution in [1.29, 1.82) is 0 Å². The first-order chi connectivity index (χ1) is 11.9. The number of anilines is 1. The Balaban J connectivity index is 2.13. The van der Waals surface area contributed by atoms with Crippen molar-refractivity contribution >= 4 is 21.6 Å². The minimum Gasteiger partial charge on any atom is -0.494 e. The van der Waals surface area contributed by atoms with Crippen LogP contribution in [0.15, 0.2) is 53.4 Å². The molecule has 1 amide bonds. The van der Waals surface area contributed by atoms with Crippen LogP contribution < -0.4 is 9.46 Å². The van der Waals surface area contributed by atoms with E-state index in [2.05, 4.69) is 4.72 Å². The number of amides is 1. The van der Waals surface area contributed by atoms with Crippen LogP contribution in [0, 0.1) is 0 Å². The molecular formula is C18H22N2O4S. The van der Waals surface area contributed by atoms with Crippen LogP contribution in [0.3, 0.4) is 0 Å². The van der Waals surface area contributed by atoms with E-state index in [1.165, 1.54) is 12.1 Å². The molecule has 2 aromatic carbocycles. The maximum Gasteiger partial charge on any atom is 0.261 e. The van der Waals surface area contributed by atoms with Crippen molar-refractivity contribution in [3.63, 3.8) is 0 Å². The van der Waals surface area contributed by atoms with Crippen molar-refractivity contribution in [3.8, 4) is 5.75 Å². The van der Waals surface area contributed by atoms with Gasteiger partial charge in [-0.1, -0.05) is 0 Å². The van der Waals surface area contributed by atoms with Gasteiger partial charge in [0, 0.05) is 24.8 Å². The molecule has 0 bridgehead atoms. The lowest BCUT2D eigenvalue weighted by Crippen LogP contribution is -2.26. The van der Waals surface area contributed by atoms with E-state index in [-0.39, 0.29) is 10.8 Å². The molecular weight excluding hydrogens is 340 g/mol. The Morgan fingerprint density at radius 2 is 1.64 bits per heavy atom. The smallest absolute Gasteiger partial charge is 0.261 e. The van der Waals surface area contributed by atoms with Crippen LogP contribution in [0.4, 0.5) is 5.69 Å². The molecule has 134 valence electrons. The summed E-state index contributed by atoms with van der Waals surface area (Å²) in [5, 5.41) is 0. The summed E-state index contributed by atoms with van der Waals surface area (Å²) in [5.74, 6) is 0.507. The van der Waals surface area contributed by atoms with Crippen molar-refractivity contribution in [2.45, 2.75) is 18.7 Å². The Morgan fingerprint density at radius 3 is 2.16 bits per heavy atom. The summed E-state index contributed by atoms with van der Waals surface area (Å²) in [6, 6.07) is 12.5. The standard InChI is InChI=1S/C18H22N2O4S/c1-4-20(3)18(21)14-6-8-15(9-7-14)19-25(22,23)17-12-10-16(11-13-17)24-5-2/h6-13,19H,4-5H2,1-3H3. The topological polar surface area (TPSA) is 75.7 Å². The molecule has 0 aliphatic rings. The summed E-state index contributed by atoms with van der Waals surface area (Å²) in [7, 11) is -1.99. The van der Waals surface area contributed by atoms with E-state index in [0.29, 0.717) is 30.2 Å². The summed E-state index contributed by atoms with van der Waals surface area (Å²) in [5.41, 5.74) is 0.901. The Kier molecular flexibility index (Phi) is 6.03. The third-order valence-corrected chi connectivity index (χ3v) is 5.05. The molecule has 0 aromatic heterocycles. The number of nitrogens with one attached hydrogen (secondary N) is 1. The summed E-state index contributed by atoms with van der Waals surface area (Å²) in [4.78, 5) is 13.8. The Bertz CT molecular complexity index is 815. The molecule has 0 unspecified atom stereocenters. The third-order valence-electron chi connectivity index (χ3n) is 3.65. The van der Waals surface area contributed by atoms with E-state index in [9.17, 15) is 13.2 Å². The summed E-state index contributed by atoms with van der Waals surface area (Å²) in [6.07, 6.45) is 0. The normalized spacial score (nSPS) is 11.0. The van der Waals surface area contributed by atoms with E-state index in [1.807, 2.05) is 13.8 Å². The number of ether oxygens (including phenoxy) is 1. The van der Waals surface area contributed by atoms with E-state index < -0.39 is 10.0 Å². The number of carbonyl (C=O) groups is 1. The molecule has 2 rings (SSSR count). The van der Waals surface area contributed by atoms with Gasteiger partial charge in [0.25, 0.3) is 15.9 Å². The van der Waals surface area contributed by atoms with Gasteiger partial charge < -0.3 is 9.64 Å². The minimum absolute atomic E-state index is 0.108. The lowest BCUT2D eigenvalue weighted by molar-refractivity contribution is 0.0802. The number of sulfonamides is 1. The fourth-order valence-corrected chi connectivity index (χ4v) is 3.20. The summed E-state index contributed by atoms with van der Waals surface area (Å²) in [6.45, 7) is 4.86. The SMILES string of the molecule is CCOc1ccc(S(=O)(=O)Nc2ccc(C(=O)N(C)CC)cc2)cc1. The molecule has 25 heavy (non-hydrogen) atoms. The molecule has 2 aromatic rings. The van der Waals surface area contributed by atoms with Gasteiger partial charge in [-0.15, -0.1) is 0 Å². The monoisotopic (exact) mass is 362 g/mol. The molecule has 0 atom stereocenters. The first kappa shape index (κ1) is 18.8. The molecule has 6 nitrogen and oxygen atoms in total. The summed E-state index contributed by atoms with van der Waals surface area (Å²) >= 11 is 0. The lowest BCUT2D eigenvalue weighted by Gasteiger charge is -2.15. The van der Waals surface area contributed by atoms with Gasteiger partial charge >= 0.3 is 0 Å². The van der Waals surface area contributed by atoms with Gasteiger partial charge in [-0.25, -0.2) is 8.42 Å². The molecule has 0 fully saturated rings. The zero-order valence-corrected chi connectivity index (χ0v) is 15.3. The number of carbonyl (C=O) groups excluding carboxylic acids is 1. The van der Waals surface area contributed by atoms with E-state index in [1.54, 1.807) is 48.3 Å². The van der Waals surface area contributed by atoms with Crippen molar-refractivity contribution < 1.29 is 17.9 Å². The highest BCUT2D eigenvalue weighted by atomic mass is 32.2. The fourth-order valence-electron chi connectivity index (χ4n) is 2.14. The lowest BCUT2D eigenvalue weighted by atomic mass is 10.2. The number of rotatable bonds is 7. The molecule has 0 radical (unpaired) electrons. The number of benzene rings is 2. The van der Waals surface area contributed by atoms with Gasteiger partial charge in [0.05, 0.1) is 11.5 Å². The van der Waals surface area contributed by atoms with Gasteiger partial charge in [-0.05, 0) is 62.4 Å². The molecule has 0 aliphatic heterocycles. The Morgan fingerprint density at radius 1 is 1.04 bits per heavy atom. The van der Waals surface area contributed by atoms with Crippen molar-refractivity contribution in [2.24, 2.45) is 0 Å². The first-order valence-corrected chi connectivity index (χ1v) is 9.47. The highest BCUT2D eigenvalue weighted by Gasteiger charge is 2.15. The van der Waals surface area contributed by atoms with Gasteiger partial charge in [0.15, 0.2) is 0 Å². The number of nitrogens with zero attached hydrogens (tertiary/aromatic N) is 1. The number of hydrogen-bond acceptors (Lipinski definition) is 4. The average Bonchev–Trinajstić information content (AvgIpc) is 2.61. The molecule has 0 spiro atoms. The average molecular weight is 362 g/mol. The van der Waals surface area contributed by atoms with E-state index in [4.69, 9.17) is 4.74 Å². The predicted molar refractivity (Wildman–Crippen MR) is 97.5 cm³/mol. The zero-order valence-electron chi connectivity index (χ0n) is 14.5. The van der Waals surface area contributed by atoms with Crippen molar-refractivity contribution in [1.82, 2.24) is 4.90 Å². The molecule has 1 N–H and O–H groups in total. The first-order valence-electron chi connectivity index (χ1n) is 7.98. The van der Waals surface area contributed by atoms with Crippen LogP contribution in [0.1, 0.15) is 24.2 Å². The zero-order chi connectivity index (χ0) is 18.4. The molecule has 0 saturated carbocycles. The van der Waals surface area contributed by atoms with Crippen LogP contribution in [0.5, 0.6) is 5.75 Å². The highest BCUT2D eigenvalue weighted by molar-refractivity contribution is 7.92. The Hall–Kier alpha value is -2.54. The van der Waals surface area contributed by atoms with Crippen LogP contribution in [0.2, 0.25) is 0 Å². The van der Waals surface area contributed by atoms with Crippen LogP contribution in [-0.4, -0.2) is 39.4 Å². The summed E-state index contributed by atoms with van der Waals surface area (Å²) < 4.78 is 32.6. The van der Waals surface area contributed by atoms with Crippen LogP contribution in [0.25, 0.3) is 0 Å². The van der Waals surface area contributed by atoms with Gasteiger partial charge in [-0.2, -0.15) is 0 Å². The second kappa shape index (κ2) is 8.02. The van der Waals surface area contributed by atoms with Crippen molar-refractivity contribution in [2.75, 3.05) is 24.9 Å². The highest BCUT2D eigenvalue weighted by Crippen LogP contribution is 2.20. The van der Waals surface area contributed by atoms with Gasteiger partial charge in [0.2, 0.25) is 0 Å². The molecule has 0 aliphatic carbocycles. The van der Waals surface area contributed by atoms with E-state index >= 15 is 0 Å². The second-order valence-electron chi connectivity index (χ2n) is 5.41. The molecule has 0 heterocycles. The van der Waals surface area contributed by atoms with Gasteiger partial charge in [-0.3, -0.25) is 9.52 Å². The maximum atomic E-state index is 12.4. The number of hydrogen-bond donors (Lipinski definition) is 1. The molecule has 7 heteroatoms. The second-order valence-corrected chi connectivity index (χ2v) is 7.09. The largest absolute Gasteiger partial charge is 0.494 e. The maximum absolute atomic E-state index is 12.4. The van der Waals surface area contributed by atoms with Crippen molar-refractivity contribution in [3.05, 3.63) is 54.1 Å². The third kappa shape index (κ3) is 4.73. The minimum atomic E-state index is -3.70. The van der Waals surface area contributed by atoms with Crippen LogP contribution in [-0.2, 0) is 10.0 Å². The van der Waals surface area contributed by atoms with E-state index in [0.717, 1.165) is 0 Å². The predicted octanol–water partition coefficient (Wildman–Crippen LogP) is 2.98. The quantitative estimate of drug-likeness (QED) is 0.822. The molecule has 0 saturated heterocycles. The Labute approximate surface area is 148 Å². The van der Waals surface area contributed by atoms with Crippen LogP contribution >= 0.6 is 0 Å². The van der Waals surface area contributed by atoms with Gasteiger partial charge in [0.1, 0.15) is 5.75 Å². The fraction of sp³-hybridized carbons (Fsp3) is 0.278.